The van der Waals surface area contributed by atoms with Gasteiger partial charge in [-0.3, -0.25) is 4.79 Å². The van der Waals surface area contributed by atoms with Crippen LogP contribution in [-0.4, -0.2) is 73.0 Å². The largest absolute Gasteiger partial charge is 0.393 e. The lowest BCUT2D eigenvalue weighted by atomic mass is 9.46. The van der Waals surface area contributed by atoms with E-state index in [0.717, 1.165) is 116 Å². The molecule has 9 saturated carbocycles. The smallest absolute Gasteiger partial charge is 0.187 e. The average Bonchev–Trinajstić information content (AvgIpc) is 1.45. The van der Waals surface area contributed by atoms with Crippen LogP contribution in [0.3, 0.4) is 0 Å². The summed E-state index contributed by atoms with van der Waals surface area (Å²) in [6.07, 6.45) is 41.6. The van der Waals surface area contributed by atoms with Gasteiger partial charge in [-0.1, -0.05) is 197 Å². The summed E-state index contributed by atoms with van der Waals surface area (Å²) in [6.45, 7) is 36.4. The van der Waals surface area contributed by atoms with Crippen molar-refractivity contribution in [1.82, 2.24) is 0 Å². The van der Waals surface area contributed by atoms with Gasteiger partial charge in [-0.2, -0.15) is 0 Å². The van der Waals surface area contributed by atoms with E-state index in [9.17, 15) is 30.3 Å². The molecule has 5 N–H and O–H groups in total. The highest BCUT2D eigenvalue weighted by atomic mass is 16.6. The number of carbonyl (C=O) groups excluding carboxylic acids is 1. The van der Waals surface area contributed by atoms with E-state index >= 15 is 0 Å². The quantitative estimate of drug-likeness (QED) is 0.0815. The molecular formula is C81H132O7. The first-order chi connectivity index (χ1) is 41.4. The van der Waals surface area contributed by atoms with E-state index < -0.39 is 29.3 Å². The zero-order valence-corrected chi connectivity index (χ0v) is 58.9. The van der Waals surface area contributed by atoms with Gasteiger partial charge in [0.1, 0.15) is 23.4 Å². The molecule has 0 aromatic carbocycles. The van der Waals surface area contributed by atoms with Crippen molar-refractivity contribution in [2.24, 2.45) is 121 Å². The number of rotatable bonds is 15. The SMILES string of the molecule is CC(C)CCCC(C)C1CCC2C1(C)CCC1C3(C)CC[C@H](O)CC3=CC3OC312.CC(C)CCCC(C)C1CCC2C3=CC(=O)[C@@]4(O)C[C@@H](O)CCC4(C)C3CCC21C.CC(C)CCCC(C)C1CCC2C3=CC=C4C(O)[C@@H](O)CCC4(C)C3CCC21C. The zero-order valence-electron chi connectivity index (χ0n) is 58.9. The molecule has 498 valence electrons. The number of carbonyl (C=O) groups is 1. The lowest BCUT2D eigenvalue weighted by Crippen LogP contribution is -2.64. The van der Waals surface area contributed by atoms with Crippen molar-refractivity contribution >= 4 is 5.78 Å². The summed E-state index contributed by atoms with van der Waals surface area (Å²) in [6, 6.07) is 0. The molecular weight excluding hydrogens is 1080 g/mol. The first kappa shape index (κ1) is 67.8. The first-order valence-electron chi connectivity index (χ1n) is 37.9. The summed E-state index contributed by atoms with van der Waals surface area (Å²) in [5.74, 6) is 10.7. The standard InChI is InChI=1S/C27H44O3.2C27H44O2/c1-17(2)7-6-8-18(3)21-9-10-22-20-15-24(29)27(30)16-19(28)11-14-26(27,5)23(20)12-13-25(21,22)4;1-17(2)7-6-8-18(3)21-9-10-22-26(21,5)14-12-23-25(4)13-11-20(28)15-19(25)16-24-27(22,23)29-24;1-17(2)7-6-8-18(3)20-11-12-21-19-9-10-23-25(29)24(28)14-16-27(23,5)22(19)13-15-26(20,21)4/h15,17-19,21-23,28,30H,6-14,16H2,1-5H3;16-18,20-24,28H,6-15H2,1-5H3;9-10,17-18,20-22,24-25,28-29H,6-8,11-16H2,1-5H3/t18?,19-,21?,22?,23?,25?,26?,27-;18?,20-,21?,22?,23?,24?,25?,26?,27?;18?,20?,21?,22?,24-,25?,26?,27?/m000/s1. The van der Waals surface area contributed by atoms with E-state index in [-0.39, 0.29) is 34.7 Å². The van der Waals surface area contributed by atoms with E-state index in [1.54, 1.807) is 5.57 Å². The number of aliphatic hydroxyl groups excluding tert-OH is 4. The first-order valence-corrected chi connectivity index (χ1v) is 37.9. The fourth-order valence-corrected chi connectivity index (χ4v) is 25.5. The minimum atomic E-state index is -1.38. The summed E-state index contributed by atoms with van der Waals surface area (Å²) in [5.41, 5.74) is 5.54. The Labute approximate surface area is 537 Å². The predicted molar refractivity (Wildman–Crippen MR) is 360 cm³/mol. The Kier molecular flexibility index (Phi) is 19.4. The molecule has 0 amide bonds. The predicted octanol–water partition coefficient (Wildman–Crippen LogP) is 18.5. The molecule has 1 spiro atoms. The van der Waals surface area contributed by atoms with Crippen LogP contribution in [0.5, 0.6) is 0 Å². The van der Waals surface area contributed by atoms with Gasteiger partial charge < -0.3 is 30.3 Å². The number of ether oxygens (including phenoxy) is 1. The van der Waals surface area contributed by atoms with E-state index in [0.29, 0.717) is 52.4 Å². The van der Waals surface area contributed by atoms with Crippen molar-refractivity contribution in [1.29, 1.82) is 0 Å². The van der Waals surface area contributed by atoms with Crippen LogP contribution >= 0.6 is 0 Å². The number of epoxide rings is 1. The van der Waals surface area contributed by atoms with Crippen LogP contribution in [0.25, 0.3) is 0 Å². The molecule has 88 heavy (non-hydrogen) atoms. The van der Waals surface area contributed by atoms with E-state index in [4.69, 9.17) is 4.74 Å². The number of fused-ring (bicyclic) bond motifs is 13. The highest BCUT2D eigenvalue weighted by Crippen LogP contribution is 2.76. The Morgan fingerprint density at radius 1 is 0.500 bits per heavy atom. The van der Waals surface area contributed by atoms with E-state index in [2.05, 4.69) is 122 Å². The summed E-state index contributed by atoms with van der Waals surface area (Å²) < 4.78 is 6.72. The lowest BCUT2D eigenvalue weighted by Gasteiger charge is -2.60. The Morgan fingerprint density at radius 3 is 1.59 bits per heavy atom. The number of hydrogen-bond acceptors (Lipinski definition) is 7. The monoisotopic (exact) mass is 1220 g/mol. The maximum atomic E-state index is 13.2. The third-order valence-corrected chi connectivity index (χ3v) is 30.7. The van der Waals surface area contributed by atoms with Crippen LogP contribution in [0.2, 0.25) is 0 Å². The fourth-order valence-electron chi connectivity index (χ4n) is 25.5. The van der Waals surface area contributed by atoms with Gasteiger partial charge in [-0.15, -0.1) is 0 Å². The Hall–Kier alpha value is -1.61. The summed E-state index contributed by atoms with van der Waals surface area (Å²) >= 11 is 0. The van der Waals surface area contributed by atoms with Crippen molar-refractivity contribution in [2.75, 3.05) is 0 Å². The topological polar surface area (TPSA) is 131 Å². The number of allylic oxidation sites excluding steroid dienone is 4. The molecule has 0 radical (unpaired) electrons. The molecule has 1 heterocycles. The molecule has 21 unspecified atom stereocenters. The van der Waals surface area contributed by atoms with Crippen LogP contribution < -0.4 is 0 Å². The number of hydrogen-bond donors (Lipinski definition) is 5. The van der Waals surface area contributed by atoms with Gasteiger partial charge in [0.2, 0.25) is 0 Å². The van der Waals surface area contributed by atoms with Gasteiger partial charge in [0, 0.05) is 17.8 Å². The second-order valence-electron chi connectivity index (χ2n) is 36.7. The summed E-state index contributed by atoms with van der Waals surface area (Å²) in [7, 11) is 0. The number of ketones is 1. The average molecular weight is 1220 g/mol. The molecule has 0 bridgehead atoms. The van der Waals surface area contributed by atoms with Gasteiger partial charge in [0.25, 0.3) is 0 Å². The molecule has 13 rings (SSSR count). The molecule has 25 atom stereocenters. The van der Waals surface area contributed by atoms with Crippen LogP contribution in [0.1, 0.15) is 290 Å². The van der Waals surface area contributed by atoms with Crippen molar-refractivity contribution in [3.05, 3.63) is 46.6 Å². The summed E-state index contributed by atoms with van der Waals surface area (Å²) in [5, 5.41) is 52.8. The van der Waals surface area contributed by atoms with Crippen LogP contribution in [-0.2, 0) is 9.53 Å². The second-order valence-corrected chi connectivity index (χ2v) is 36.7. The van der Waals surface area contributed by atoms with E-state index in [1.165, 1.54) is 140 Å². The highest BCUT2D eigenvalue weighted by molar-refractivity contribution is 5.99. The van der Waals surface area contributed by atoms with Gasteiger partial charge in [-0.05, 0) is 244 Å². The lowest BCUT2D eigenvalue weighted by molar-refractivity contribution is -0.180. The Bertz CT molecular complexity index is 2620. The normalized spacial score (nSPS) is 47.8. The molecule has 1 saturated heterocycles. The maximum Gasteiger partial charge on any atom is 0.187 e. The fraction of sp³-hybridized carbons (Fsp3) is 0.889. The maximum absolute atomic E-state index is 13.2. The molecule has 13 aliphatic rings. The van der Waals surface area contributed by atoms with Gasteiger partial charge in [-0.25, -0.2) is 0 Å². The minimum absolute atomic E-state index is 0.0467. The molecule has 1 aliphatic heterocycles. The van der Waals surface area contributed by atoms with Crippen molar-refractivity contribution < 1.29 is 35.1 Å². The highest BCUT2D eigenvalue weighted by Gasteiger charge is 2.77. The van der Waals surface area contributed by atoms with Crippen LogP contribution in [0.4, 0.5) is 0 Å². The molecule has 10 fully saturated rings. The second kappa shape index (κ2) is 25.2. The molecule has 0 aromatic heterocycles. The van der Waals surface area contributed by atoms with Crippen molar-refractivity contribution in [3.8, 4) is 0 Å². The Balaban J connectivity index is 0.000000136. The zero-order chi connectivity index (χ0) is 63.5. The molecule has 7 nitrogen and oxygen atoms in total. The van der Waals surface area contributed by atoms with Crippen molar-refractivity contribution in [2.45, 2.75) is 332 Å². The summed E-state index contributed by atoms with van der Waals surface area (Å²) in [4.78, 5) is 13.2. The van der Waals surface area contributed by atoms with E-state index in [1.807, 2.05) is 6.08 Å². The minimum Gasteiger partial charge on any atom is -0.393 e. The third-order valence-electron chi connectivity index (χ3n) is 30.7. The van der Waals surface area contributed by atoms with Gasteiger partial charge in [0.15, 0.2) is 5.78 Å². The molecule has 0 aromatic rings. The van der Waals surface area contributed by atoms with Crippen molar-refractivity contribution in [3.63, 3.8) is 0 Å². The molecule has 7 heteroatoms. The Morgan fingerprint density at radius 2 is 1.01 bits per heavy atom. The molecule has 12 aliphatic carbocycles. The van der Waals surface area contributed by atoms with Gasteiger partial charge in [0.05, 0.1) is 18.3 Å². The third kappa shape index (κ3) is 11.3. The van der Waals surface area contributed by atoms with Gasteiger partial charge >= 0.3 is 0 Å². The van der Waals surface area contributed by atoms with Crippen LogP contribution in [0, 0.1) is 121 Å². The van der Waals surface area contributed by atoms with Crippen LogP contribution in [0.15, 0.2) is 46.6 Å². The number of aliphatic hydroxyl groups is 5.